The Balaban J connectivity index is 1.95. The highest BCUT2D eigenvalue weighted by Gasteiger charge is 2.35. The predicted molar refractivity (Wildman–Crippen MR) is 82.7 cm³/mol. The van der Waals surface area contributed by atoms with Crippen LogP contribution in [-0.4, -0.2) is 31.1 Å². The first-order valence-electron chi connectivity index (χ1n) is 7.31. The fourth-order valence-electron chi connectivity index (χ4n) is 2.92. The van der Waals surface area contributed by atoms with E-state index in [2.05, 4.69) is 43.2 Å². The lowest BCUT2D eigenvalue weighted by atomic mass is 9.77. The third-order valence-corrected chi connectivity index (χ3v) is 4.77. The molecule has 1 aliphatic rings. The molecule has 1 fully saturated rings. The van der Waals surface area contributed by atoms with Gasteiger partial charge in [0.05, 0.1) is 0 Å². The molecular formula is C16H25ClN2. The topological polar surface area (TPSA) is 15.3 Å². The zero-order chi connectivity index (χ0) is 13.8. The first-order valence-corrected chi connectivity index (χ1v) is 7.69. The van der Waals surface area contributed by atoms with Gasteiger partial charge in [-0.1, -0.05) is 30.7 Å². The van der Waals surface area contributed by atoms with Gasteiger partial charge in [0.2, 0.25) is 0 Å². The summed E-state index contributed by atoms with van der Waals surface area (Å²) in [6.07, 6.45) is 2.68. The number of nitrogens with one attached hydrogen (secondary N) is 1. The Bertz CT molecular complexity index is 390. The van der Waals surface area contributed by atoms with Crippen LogP contribution in [-0.2, 0) is 0 Å². The largest absolute Gasteiger partial charge is 0.317 e. The minimum absolute atomic E-state index is 0.451. The van der Waals surface area contributed by atoms with E-state index in [4.69, 9.17) is 11.6 Å². The van der Waals surface area contributed by atoms with Crippen molar-refractivity contribution in [1.82, 2.24) is 10.2 Å². The summed E-state index contributed by atoms with van der Waals surface area (Å²) in [7, 11) is 2.25. The number of halogens is 1. The van der Waals surface area contributed by atoms with Gasteiger partial charge in [-0.3, -0.25) is 4.90 Å². The SMILES string of the molecule is CCNCC1CCC1N(C)C(C)c1ccc(Cl)cc1. The van der Waals surface area contributed by atoms with Crippen LogP contribution in [0.3, 0.4) is 0 Å². The van der Waals surface area contributed by atoms with Crippen molar-refractivity contribution < 1.29 is 0 Å². The Morgan fingerprint density at radius 3 is 2.53 bits per heavy atom. The van der Waals surface area contributed by atoms with Crippen LogP contribution in [0.2, 0.25) is 5.02 Å². The van der Waals surface area contributed by atoms with E-state index in [0.717, 1.165) is 24.0 Å². The molecule has 0 amide bonds. The van der Waals surface area contributed by atoms with Crippen LogP contribution in [0.5, 0.6) is 0 Å². The first-order chi connectivity index (χ1) is 9.13. The van der Waals surface area contributed by atoms with Crippen molar-refractivity contribution in [1.29, 1.82) is 0 Å². The molecule has 3 heteroatoms. The lowest BCUT2D eigenvalue weighted by Crippen LogP contribution is -2.49. The summed E-state index contributed by atoms with van der Waals surface area (Å²) in [5.74, 6) is 0.805. The van der Waals surface area contributed by atoms with Crippen molar-refractivity contribution in [2.24, 2.45) is 5.92 Å². The van der Waals surface area contributed by atoms with Gasteiger partial charge in [0.15, 0.2) is 0 Å². The maximum atomic E-state index is 5.96. The second kappa shape index (κ2) is 6.74. The van der Waals surface area contributed by atoms with Crippen molar-refractivity contribution in [3.8, 4) is 0 Å². The summed E-state index contributed by atoms with van der Waals surface area (Å²) in [6.45, 7) is 6.68. The van der Waals surface area contributed by atoms with Crippen LogP contribution in [0.1, 0.15) is 38.3 Å². The minimum atomic E-state index is 0.451. The van der Waals surface area contributed by atoms with Gasteiger partial charge in [-0.05, 0) is 63.5 Å². The number of hydrogen-bond acceptors (Lipinski definition) is 2. The van der Waals surface area contributed by atoms with Gasteiger partial charge in [-0.25, -0.2) is 0 Å². The molecule has 0 bridgehead atoms. The fraction of sp³-hybridized carbons (Fsp3) is 0.625. The highest BCUT2D eigenvalue weighted by molar-refractivity contribution is 6.30. The first kappa shape index (κ1) is 14.8. The van der Waals surface area contributed by atoms with Gasteiger partial charge in [0.1, 0.15) is 0 Å². The average molecular weight is 281 g/mol. The Morgan fingerprint density at radius 2 is 2.00 bits per heavy atom. The Morgan fingerprint density at radius 1 is 1.32 bits per heavy atom. The number of benzene rings is 1. The van der Waals surface area contributed by atoms with Crippen molar-refractivity contribution in [3.63, 3.8) is 0 Å². The molecule has 0 aliphatic heterocycles. The van der Waals surface area contributed by atoms with E-state index in [0.29, 0.717) is 12.1 Å². The van der Waals surface area contributed by atoms with Crippen LogP contribution >= 0.6 is 11.6 Å². The Labute approximate surface area is 122 Å². The van der Waals surface area contributed by atoms with Crippen LogP contribution in [0.25, 0.3) is 0 Å². The normalized spacial score (nSPS) is 24.3. The Kier molecular flexibility index (Phi) is 5.26. The molecule has 1 N–H and O–H groups in total. The molecule has 0 aromatic heterocycles. The molecule has 1 aromatic carbocycles. The van der Waals surface area contributed by atoms with Gasteiger partial charge in [-0.2, -0.15) is 0 Å². The van der Waals surface area contributed by atoms with Crippen LogP contribution < -0.4 is 5.32 Å². The summed E-state index contributed by atoms with van der Waals surface area (Å²) in [5.41, 5.74) is 1.35. The molecule has 0 spiro atoms. The Hall–Kier alpha value is -0.570. The van der Waals surface area contributed by atoms with Crippen LogP contribution in [0.4, 0.5) is 0 Å². The van der Waals surface area contributed by atoms with E-state index < -0.39 is 0 Å². The minimum Gasteiger partial charge on any atom is -0.317 e. The van der Waals surface area contributed by atoms with Gasteiger partial charge >= 0.3 is 0 Å². The molecule has 3 unspecified atom stereocenters. The van der Waals surface area contributed by atoms with E-state index in [9.17, 15) is 0 Å². The van der Waals surface area contributed by atoms with Crippen LogP contribution in [0.15, 0.2) is 24.3 Å². The van der Waals surface area contributed by atoms with E-state index in [-0.39, 0.29) is 0 Å². The van der Waals surface area contributed by atoms with Crippen molar-refractivity contribution in [2.45, 2.75) is 38.8 Å². The smallest absolute Gasteiger partial charge is 0.0406 e. The highest BCUT2D eigenvalue weighted by atomic mass is 35.5. The van der Waals surface area contributed by atoms with Gasteiger partial charge in [0, 0.05) is 17.1 Å². The van der Waals surface area contributed by atoms with Gasteiger partial charge < -0.3 is 5.32 Å². The molecule has 19 heavy (non-hydrogen) atoms. The van der Waals surface area contributed by atoms with Gasteiger partial charge in [0.25, 0.3) is 0 Å². The molecule has 2 rings (SSSR count). The third-order valence-electron chi connectivity index (χ3n) is 4.52. The highest BCUT2D eigenvalue weighted by Crippen LogP contribution is 2.35. The van der Waals surface area contributed by atoms with Crippen molar-refractivity contribution in [2.75, 3.05) is 20.1 Å². The average Bonchev–Trinajstić information content (AvgIpc) is 2.38. The van der Waals surface area contributed by atoms with Gasteiger partial charge in [-0.15, -0.1) is 0 Å². The van der Waals surface area contributed by atoms with E-state index in [1.165, 1.54) is 18.4 Å². The summed E-state index contributed by atoms with van der Waals surface area (Å²) in [4.78, 5) is 2.52. The van der Waals surface area contributed by atoms with Crippen LogP contribution in [0, 0.1) is 5.92 Å². The molecule has 1 aliphatic carbocycles. The van der Waals surface area contributed by atoms with E-state index in [1.54, 1.807) is 0 Å². The zero-order valence-corrected chi connectivity index (χ0v) is 13.0. The quantitative estimate of drug-likeness (QED) is 0.854. The molecule has 106 valence electrons. The lowest BCUT2D eigenvalue weighted by molar-refractivity contribution is 0.0552. The summed E-state index contributed by atoms with van der Waals surface area (Å²) in [6, 6.07) is 9.41. The molecule has 1 saturated carbocycles. The molecule has 3 atom stereocenters. The van der Waals surface area contributed by atoms with Crippen molar-refractivity contribution in [3.05, 3.63) is 34.9 Å². The molecule has 2 nitrogen and oxygen atoms in total. The second-order valence-corrected chi connectivity index (χ2v) is 6.04. The standard InChI is InChI=1S/C16H25ClN2/c1-4-18-11-14-7-10-16(14)19(3)12(2)13-5-8-15(17)9-6-13/h5-6,8-9,12,14,16,18H,4,7,10-11H2,1-3H3. The maximum absolute atomic E-state index is 5.96. The molecular weight excluding hydrogens is 256 g/mol. The molecule has 0 radical (unpaired) electrons. The molecule has 0 saturated heterocycles. The van der Waals surface area contributed by atoms with Crippen molar-refractivity contribution >= 4 is 11.6 Å². The number of rotatable bonds is 6. The molecule has 1 aromatic rings. The summed E-state index contributed by atoms with van der Waals surface area (Å²) >= 11 is 5.96. The zero-order valence-electron chi connectivity index (χ0n) is 12.2. The summed E-state index contributed by atoms with van der Waals surface area (Å²) < 4.78 is 0. The number of nitrogens with zero attached hydrogens (tertiary/aromatic N) is 1. The summed E-state index contributed by atoms with van der Waals surface area (Å²) in [5, 5.41) is 4.29. The predicted octanol–water partition coefficient (Wildman–Crippen LogP) is 3.72. The fourth-order valence-corrected chi connectivity index (χ4v) is 3.05. The second-order valence-electron chi connectivity index (χ2n) is 5.61. The monoisotopic (exact) mass is 280 g/mol. The number of hydrogen-bond donors (Lipinski definition) is 1. The third kappa shape index (κ3) is 3.50. The lowest BCUT2D eigenvalue weighted by Gasteiger charge is -2.45. The molecule has 0 heterocycles. The van der Waals surface area contributed by atoms with E-state index in [1.807, 2.05) is 12.1 Å². The van der Waals surface area contributed by atoms with E-state index >= 15 is 0 Å². The maximum Gasteiger partial charge on any atom is 0.0406 e.